The van der Waals surface area contributed by atoms with Crippen molar-refractivity contribution in [2.24, 2.45) is 0 Å². The third-order valence-electron chi connectivity index (χ3n) is 3.64. The van der Waals surface area contributed by atoms with E-state index < -0.39 is 16.1 Å². The summed E-state index contributed by atoms with van der Waals surface area (Å²) in [7, 11) is -3.81. The van der Waals surface area contributed by atoms with Crippen LogP contribution in [0.15, 0.2) is 23.1 Å². The minimum atomic E-state index is -3.81. The molecule has 1 atom stereocenters. The highest BCUT2D eigenvalue weighted by molar-refractivity contribution is 7.89. The molecule has 1 rings (SSSR count). The average molecular weight is 383 g/mol. The van der Waals surface area contributed by atoms with Crippen molar-refractivity contribution in [2.75, 3.05) is 32.7 Å². The second-order valence-electron chi connectivity index (χ2n) is 5.17. The minimum absolute atomic E-state index is 0.0121. The van der Waals surface area contributed by atoms with Crippen LogP contribution < -0.4 is 0 Å². The van der Waals surface area contributed by atoms with Gasteiger partial charge >= 0.3 is 0 Å². The lowest BCUT2D eigenvalue weighted by molar-refractivity contribution is 0.100. The van der Waals surface area contributed by atoms with E-state index in [2.05, 4.69) is 0 Å². The third-order valence-corrected chi connectivity index (χ3v) is 6.30. The molecule has 1 N–H and O–H groups in total. The van der Waals surface area contributed by atoms with Gasteiger partial charge in [-0.3, -0.25) is 0 Å². The highest BCUT2D eigenvalue weighted by atomic mass is 35.5. The van der Waals surface area contributed by atoms with Gasteiger partial charge < -0.3 is 10.0 Å². The van der Waals surface area contributed by atoms with Crippen LogP contribution in [0.25, 0.3) is 0 Å². The molecule has 1 unspecified atom stereocenters. The summed E-state index contributed by atoms with van der Waals surface area (Å²) >= 11 is 11.9. The molecule has 0 aliphatic rings. The standard InChI is InChI=1S/C15H24Cl2N2O3S/c1-4-18(5-2)10-13(20)11-19(6-3)23(21,22)15-9-12(16)7-8-14(15)17/h7-9,13,20H,4-6,10-11H2,1-3H3. The lowest BCUT2D eigenvalue weighted by atomic mass is 10.3. The molecule has 0 spiro atoms. The van der Waals surface area contributed by atoms with Crippen molar-refractivity contribution in [3.8, 4) is 0 Å². The van der Waals surface area contributed by atoms with Crippen molar-refractivity contribution < 1.29 is 13.5 Å². The Morgan fingerprint density at radius 2 is 1.70 bits per heavy atom. The molecule has 0 radical (unpaired) electrons. The first kappa shape index (κ1) is 20.7. The number of benzene rings is 1. The summed E-state index contributed by atoms with van der Waals surface area (Å²) in [4.78, 5) is 2.00. The first-order chi connectivity index (χ1) is 10.8. The largest absolute Gasteiger partial charge is 0.390 e. The Kier molecular flexibility index (Phi) is 8.27. The van der Waals surface area contributed by atoms with E-state index in [9.17, 15) is 13.5 Å². The Labute approximate surface area is 148 Å². The number of hydrogen-bond acceptors (Lipinski definition) is 4. The van der Waals surface area contributed by atoms with E-state index in [-0.39, 0.29) is 23.0 Å². The van der Waals surface area contributed by atoms with Gasteiger partial charge in [-0.15, -0.1) is 0 Å². The van der Waals surface area contributed by atoms with Gasteiger partial charge in [-0.1, -0.05) is 44.0 Å². The van der Waals surface area contributed by atoms with Gasteiger partial charge in [0, 0.05) is 24.7 Å². The van der Waals surface area contributed by atoms with Gasteiger partial charge in [-0.05, 0) is 31.3 Å². The summed E-state index contributed by atoms with van der Waals surface area (Å²) in [6, 6.07) is 4.32. The smallest absolute Gasteiger partial charge is 0.244 e. The highest BCUT2D eigenvalue weighted by Gasteiger charge is 2.28. The van der Waals surface area contributed by atoms with E-state index in [0.717, 1.165) is 13.1 Å². The maximum Gasteiger partial charge on any atom is 0.244 e. The van der Waals surface area contributed by atoms with Gasteiger partial charge in [0.1, 0.15) is 4.90 Å². The zero-order valence-electron chi connectivity index (χ0n) is 13.7. The number of sulfonamides is 1. The Balaban J connectivity index is 2.97. The van der Waals surface area contributed by atoms with Gasteiger partial charge in [0.05, 0.1) is 11.1 Å². The first-order valence-electron chi connectivity index (χ1n) is 7.61. The van der Waals surface area contributed by atoms with Crippen molar-refractivity contribution in [3.05, 3.63) is 28.2 Å². The van der Waals surface area contributed by atoms with Crippen molar-refractivity contribution in [1.29, 1.82) is 0 Å². The second-order valence-corrected chi connectivity index (χ2v) is 7.92. The molecule has 0 aliphatic carbocycles. The van der Waals surface area contributed by atoms with Crippen LogP contribution in [0.4, 0.5) is 0 Å². The zero-order chi connectivity index (χ0) is 17.6. The molecule has 1 aromatic carbocycles. The van der Waals surface area contributed by atoms with E-state index in [4.69, 9.17) is 23.2 Å². The minimum Gasteiger partial charge on any atom is -0.390 e. The van der Waals surface area contributed by atoms with Crippen LogP contribution in [0.1, 0.15) is 20.8 Å². The van der Waals surface area contributed by atoms with Crippen molar-refractivity contribution in [3.63, 3.8) is 0 Å². The Morgan fingerprint density at radius 3 is 2.22 bits per heavy atom. The Hall–Kier alpha value is -0.370. The van der Waals surface area contributed by atoms with Crippen LogP contribution in [0.5, 0.6) is 0 Å². The highest BCUT2D eigenvalue weighted by Crippen LogP contribution is 2.27. The molecule has 0 fully saturated rings. The van der Waals surface area contributed by atoms with Crippen molar-refractivity contribution in [1.82, 2.24) is 9.21 Å². The van der Waals surface area contributed by atoms with E-state index in [0.29, 0.717) is 11.6 Å². The molecule has 23 heavy (non-hydrogen) atoms. The normalized spacial score (nSPS) is 13.7. The third kappa shape index (κ3) is 5.59. The van der Waals surface area contributed by atoms with Crippen LogP contribution in [0.3, 0.4) is 0 Å². The van der Waals surface area contributed by atoms with Crippen LogP contribution >= 0.6 is 23.2 Å². The fourth-order valence-electron chi connectivity index (χ4n) is 2.28. The van der Waals surface area contributed by atoms with Crippen LogP contribution in [0.2, 0.25) is 10.0 Å². The predicted molar refractivity (Wildman–Crippen MR) is 94.7 cm³/mol. The fraction of sp³-hybridized carbons (Fsp3) is 0.600. The molecule has 0 saturated carbocycles. The van der Waals surface area contributed by atoms with Gasteiger partial charge in [-0.25, -0.2) is 8.42 Å². The van der Waals surface area contributed by atoms with Crippen LogP contribution in [0, 0.1) is 0 Å². The first-order valence-corrected chi connectivity index (χ1v) is 9.81. The summed E-state index contributed by atoms with van der Waals surface area (Å²) in [5.41, 5.74) is 0. The Morgan fingerprint density at radius 1 is 1.09 bits per heavy atom. The molecule has 0 aliphatic heterocycles. The van der Waals surface area contributed by atoms with Crippen molar-refractivity contribution >= 4 is 33.2 Å². The second kappa shape index (κ2) is 9.20. The summed E-state index contributed by atoms with van der Waals surface area (Å²) < 4.78 is 26.7. The molecule has 1 aromatic rings. The fourth-order valence-corrected chi connectivity index (χ4v) is 4.51. The molecule has 132 valence electrons. The average Bonchev–Trinajstić information content (AvgIpc) is 2.52. The molecule has 0 amide bonds. The van der Waals surface area contributed by atoms with E-state index in [1.165, 1.54) is 22.5 Å². The molecule has 0 saturated heterocycles. The number of likely N-dealkylation sites (N-methyl/N-ethyl adjacent to an activating group) is 2. The molecular weight excluding hydrogens is 359 g/mol. The molecular formula is C15H24Cl2N2O3S. The van der Waals surface area contributed by atoms with E-state index in [1.807, 2.05) is 18.7 Å². The van der Waals surface area contributed by atoms with Gasteiger partial charge in [-0.2, -0.15) is 4.31 Å². The molecule has 5 nitrogen and oxygen atoms in total. The maximum absolute atomic E-state index is 12.8. The lowest BCUT2D eigenvalue weighted by Crippen LogP contribution is -2.42. The number of halogens is 2. The summed E-state index contributed by atoms with van der Waals surface area (Å²) in [5, 5.41) is 10.6. The molecule has 0 heterocycles. The summed E-state index contributed by atoms with van der Waals surface area (Å²) in [5.74, 6) is 0. The van der Waals surface area contributed by atoms with Crippen molar-refractivity contribution in [2.45, 2.75) is 31.8 Å². The number of hydrogen-bond donors (Lipinski definition) is 1. The van der Waals surface area contributed by atoms with Gasteiger partial charge in [0.25, 0.3) is 0 Å². The molecule has 8 heteroatoms. The number of rotatable bonds is 9. The van der Waals surface area contributed by atoms with E-state index in [1.54, 1.807) is 6.92 Å². The summed E-state index contributed by atoms with van der Waals surface area (Å²) in [6.45, 7) is 7.98. The maximum atomic E-state index is 12.8. The predicted octanol–water partition coefficient (Wildman–Crippen LogP) is 2.71. The summed E-state index contributed by atoms with van der Waals surface area (Å²) in [6.07, 6.45) is -0.775. The van der Waals surface area contributed by atoms with Crippen LogP contribution in [-0.2, 0) is 10.0 Å². The zero-order valence-corrected chi connectivity index (χ0v) is 16.0. The number of nitrogens with zero attached hydrogens (tertiary/aromatic N) is 2. The SMILES string of the molecule is CCN(CC)CC(O)CN(CC)S(=O)(=O)c1cc(Cl)ccc1Cl. The van der Waals surface area contributed by atoms with Gasteiger partial charge in [0.2, 0.25) is 10.0 Å². The molecule has 0 aromatic heterocycles. The quantitative estimate of drug-likeness (QED) is 0.712. The topological polar surface area (TPSA) is 60.9 Å². The van der Waals surface area contributed by atoms with E-state index >= 15 is 0 Å². The molecule has 0 bridgehead atoms. The number of aliphatic hydroxyl groups is 1. The lowest BCUT2D eigenvalue weighted by Gasteiger charge is -2.27. The Bertz CT molecular complexity index is 607. The van der Waals surface area contributed by atoms with Gasteiger partial charge in [0.15, 0.2) is 0 Å². The van der Waals surface area contributed by atoms with Crippen LogP contribution in [-0.4, -0.2) is 61.6 Å². The number of aliphatic hydroxyl groups excluding tert-OH is 1. The monoisotopic (exact) mass is 382 g/mol.